The summed E-state index contributed by atoms with van der Waals surface area (Å²) >= 11 is 3.30. The normalized spacial score (nSPS) is 28.6. The molecule has 1 aromatic carbocycles. The summed E-state index contributed by atoms with van der Waals surface area (Å²) in [7, 11) is 0. The highest BCUT2D eigenvalue weighted by molar-refractivity contribution is 9.09. The van der Waals surface area contributed by atoms with Crippen LogP contribution in [0.25, 0.3) is 0 Å². The van der Waals surface area contributed by atoms with Crippen molar-refractivity contribution in [2.24, 2.45) is 0 Å². The molecule has 2 heterocycles. The Balaban J connectivity index is 2.17. The number of carbonyl (C=O) groups excluding carboxylic acids is 2. The van der Waals surface area contributed by atoms with Gasteiger partial charge in [0, 0.05) is 17.3 Å². The van der Waals surface area contributed by atoms with Crippen LogP contribution in [0.4, 0.5) is 9.18 Å². The summed E-state index contributed by atoms with van der Waals surface area (Å²) in [5.74, 6) is -0.541. The fourth-order valence-corrected chi connectivity index (χ4v) is 2.88. The van der Waals surface area contributed by atoms with Crippen molar-refractivity contribution in [3.63, 3.8) is 0 Å². The molecule has 0 unspecified atom stereocenters. The van der Waals surface area contributed by atoms with E-state index in [1.54, 1.807) is 0 Å². The first-order chi connectivity index (χ1) is 9.05. The van der Waals surface area contributed by atoms with Gasteiger partial charge in [0.1, 0.15) is 17.7 Å². The lowest BCUT2D eigenvalue weighted by molar-refractivity contribution is -0.126. The lowest BCUT2D eigenvalue weighted by Crippen LogP contribution is -2.50. The number of hydrogen-bond donors (Lipinski definition) is 2. The Bertz CT molecular complexity index is 580. The average molecular weight is 329 g/mol. The Hall–Kier alpha value is -1.63. The van der Waals surface area contributed by atoms with Crippen LogP contribution in [0.15, 0.2) is 18.2 Å². The molecule has 1 aromatic rings. The molecule has 2 atom stereocenters. The minimum absolute atomic E-state index is 0.256. The van der Waals surface area contributed by atoms with Gasteiger partial charge in [0.2, 0.25) is 0 Å². The number of halogens is 2. The molecule has 7 heteroatoms. The molecule has 1 saturated heterocycles. The number of imide groups is 1. The van der Waals surface area contributed by atoms with Crippen LogP contribution >= 0.6 is 15.9 Å². The molecule has 19 heavy (non-hydrogen) atoms. The van der Waals surface area contributed by atoms with E-state index in [-0.39, 0.29) is 12.5 Å². The van der Waals surface area contributed by atoms with Gasteiger partial charge in [0.05, 0.1) is 0 Å². The molecule has 2 N–H and O–H groups in total. The van der Waals surface area contributed by atoms with Crippen LogP contribution in [-0.2, 0) is 10.3 Å². The highest BCUT2D eigenvalue weighted by Crippen LogP contribution is 2.41. The number of carbonyl (C=O) groups is 2. The lowest BCUT2D eigenvalue weighted by Gasteiger charge is -2.37. The van der Waals surface area contributed by atoms with E-state index in [0.717, 1.165) is 0 Å². The molecule has 0 radical (unpaired) electrons. The number of nitrogens with one attached hydrogen (secondary N) is 2. The van der Waals surface area contributed by atoms with Crippen molar-refractivity contribution < 1.29 is 18.7 Å². The number of fused-ring (bicyclic) bond motifs is 2. The van der Waals surface area contributed by atoms with Crippen molar-refractivity contribution in [2.45, 2.75) is 18.1 Å². The van der Waals surface area contributed by atoms with Gasteiger partial charge in [0.25, 0.3) is 5.91 Å². The molecule has 0 saturated carbocycles. The zero-order valence-electron chi connectivity index (χ0n) is 9.70. The van der Waals surface area contributed by atoms with Crippen LogP contribution in [-0.4, -0.2) is 23.4 Å². The Morgan fingerprint density at radius 2 is 2.26 bits per heavy atom. The number of urea groups is 1. The molecule has 1 spiro atoms. The van der Waals surface area contributed by atoms with Crippen LogP contribution in [0.5, 0.6) is 5.75 Å². The van der Waals surface area contributed by atoms with Crippen LogP contribution in [0, 0.1) is 5.82 Å². The van der Waals surface area contributed by atoms with Gasteiger partial charge in [-0.05, 0) is 18.2 Å². The predicted octanol–water partition coefficient (Wildman–Crippen LogP) is 1.41. The molecule has 0 aliphatic carbocycles. The summed E-state index contributed by atoms with van der Waals surface area (Å²) in [5.41, 5.74) is -0.890. The zero-order chi connectivity index (χ0) is 13.6. The predicted molar refractivity (Wildman–Crippen MR) is 67.6 cm³/mol. The topological polar surface area (TPSA) is 67.4 Å². The number of ether oxygens (including phenoxy) is 1. The average Bonchev–Trinajstić information content (AvgIpc) is 2.65. The Kier molecular flexibility index (Phi) is 2.74. The Labute approximate surface area is 116 Å². The van der Waals surface area contributed by atoms with E-state index in [9.17, 15) is 14.0 Å². The largest absolute Gasteiger partial charge is 0.489 e. The maximum absolute atomic E-state index is 13.4. The van der Waals surface area contributed by atoms with Crippen molar-refractivity contribution in [3.8, 4) is 5.75 Å². The SMILES string of the molecule is O=C1NC(=O)[C@@]2(C[C@@H](CBr)Oc3ccc(F)cc32)N1. The molecule has 2 aliphatic rings. The van der Waals surface area contributed by atoms with Crippen molar-refractivity contribution in [1.29, 1.82) is 0 Å². The number of benzene rings is 1. The van der Waals surface area contributed by atoms with Gasteiger partial charge in [0.15, 0.2) is 5.54 Å². The highest BCUT2D eigenvalue weighted by atomic mass is 79.9. The summed E-state index contributed by atoms with van der Waals surface area (Å²) in [6.07, 6.45) is -0.0196. The molecule has 100 valence electrons. The summed E-state index contributed by atoms with van der Waals surface area (Å²) < 4.78 is 19.1. The van der Waals surface area contributed by atoms with E-state index in [1.165, 1.54) is 18.2 Å². The zero-order valence-corrected chi connectivity index (χ0v) is 11.3. The maximum atomic E-state index is 13.4. The summed E-state index contributed by atoms with van der Waals surface area (Å²) in [5, 5.41) is 5.31. The molecule has 1 fully saturated rings. The van der Waals surface area contributed by atoms with Crippen LogP contribution in [0.2, 0.25) is 0 Å². The van der Waals surface area contributed by atoms with E-state index in [0.29, 0.717) is 16.6 Å². The summed E-state index contributed by atoms with van der Waals surface area (Å²) in [6, 6.07) is 3.39. The smallest absolute Gasteiger partial charge is 0.322 e. The first kappa shape index (κ1) is 12.4. The first-order valence-electron chi connectivity index (χ1n) is 5.71. The van der Waals surface area contributed by atoms with Crippen LogP contribution < -0.4 is 15.4 Å². The second-order valence-electron chi connectivity index (χ2n) is 4.55. The molecular weight excluding hydrogens is 319 g/mol. The van der Waals surface area contributed by atoms with Gasteiger partial charge in [-0.25, -0.2) is 9.18 Å². The molecule has 2 aliphatic heterocycles. The first-order valence-corrected chi connectivity index (χ1v) is 6.83. The van der Waals surface area contributed by atoms with Gasteiger partial charge in [-0.2, -0.15) is 0 Å². The minimum Gasteiger partial charge on any atom is -0.489 e. The fourth-order valence-electron chi connectivity index (χ4n) is 2.52. The summed E-state index contributed by atoms with van der Waals surface area (Å²) in [6.45, 7) is 0. The maximum Gasteiger partial charge on any atom is 0.322 e. The monoisotopic (exact) mass is 328 g/mol. The van der Waals surface area contributed by atoms with Gasteiger partial charge in [-0.1, -0.05) is 15.9 Å². The quantitative estimate of drug-likeness (QED) is 0.605. The van der Waals surface area contributed by atoms with E-state index in [2.05, 4.69) is 26.6 Å². The minimum atomic E-state index is -1.24. The van der Waals surface area contributed by atoms with E-state index < -0.39 is 23.3 Å². The molecule has 3 rings (SSSR count). The Morgan fingerprint density at radius 1 is 1.47 bits per heavy atom. The third-order valence-electron chi connectivity index (χ3n) is 3.34. The third kappa shape index (κ3) is 1.80. The van der Waals surface area contributed by atoms with Gasteiger partial charge >= 0.3 is 6.03 Å². The van der Waals surface area contributed by atoms with Gasteiger partial charge < -0.3 is 10.1 Å². The van der Waals surface area contributed by atoms with Crippen molar-refractivity contribution >= 4 is 27.9 Å². The summed E-state index contributed by atoms with van der Waals surface area (Å²) in [4.78, 5) is 23.5. The lowest BCUT2D eigenvalue weighted by atomic mass is 9.82. The van der Waals surface area contributed by atoms with Crippen LogP contribution in [0.1, 0.15) is 12.0 Å². The van der Waals surface area contributed by atoms with Gasteiger partial charge in [-0.3, -0.25) is 10.1 Å². The van der Waals surface area contributed by atoms with E-state index in [4.69, 9.17) is 4.74 Å². The molecular formula is C12H10BrFN2O3. The molecule has 0 aromatic heterocycles. The van der Waals surface area contributed by atoms with Crippen molar-refractivity contribution in [3.05, 3.63) is 29.6 Å². The van der Waals surface area contributed by atoms with E-state index >= 15 is 0 Å². The third-order valence-corrected chi connectivity index (χ3v) is 4.06. The van der Waals surface area contributed by atoms with Gasteiger partial charge in [-0.15, -0.1) is 0 Å². The number of hydrogen-bond acceptors (Lipinski definition) is 3. The fraction of sp³-hybridized carbons (Fsp3) is 0.333. The molecule has 3 amide bonds. The van der Waals surface area contributed by atoms with Crippen molar-refractivity contribution in [2.75, 3.05) is 5.33 Å². The van der Waals surface area contributed by atoms with E-state index in [1.807, 2.05) is 0 Å². The highest BCUT2D eigenvalue weighted by Gasteiger charge is 2.53. The number of amides is 3. The number of alkyl halides is 1. The number of rotatable bonds is 1. The van der Waals surface area contributed by atoms with Crippen LogP contribution in [0.3, 0.4) is 0 Å². The van der Waals surface area contributed by atoms with Crippen molar-refractivity contribution in [1.82, 2.24) is 10.6 Å². The Morgan fingerprint density at radius 3 is 2.89 bits per heavy atom. The second-order valence-corrected chi connectivity index (χ2v) is 5.20. The second kappa shape index (κ2) is 4.19. The molecule has 5 nitrogen and oxygen atoms in total. The standard InChI is InChI=1S/C12H10BrFN2O3/c13-5-7-4-12(10(17)15-11(18)16-12)8-3-6(14)1-2-9(8)19-7/h1-3,7H,4-5H2,(H2,15,16,17,18)/t7-,12-/m0/s1. The molecule has 0 bridgehead atoms.